The summed E-state index contributed by atoms with van der Waals surface area (Å²) < 4.78 is 0. The van der Waals surface area contributed by atoms with Gasteiger partial charge in [-0.1, -0.05) is 12.1 Å². The summed E-state index contributed by atoms with van der Waals surface area (Å²) >= 11 is 0. The minimum Gasteiger partial charge on any atom is -0.351 e. The Hall–Kier alpha value is -2.35. The van der Waals surface area contributed by atoms with E-state index in [-0.39, 0.29) is 23.7 Å². The summed E-state index contributed by atoms with van der Waals surface area (Å²) in [6.07, 6.45) is 7.06. The van der Waals surface area contributed by atoms with Crippen molar-refractivity contribution in [1.82, 2.24) is 5.32 Å². The maximum Gasteiger partial charge on any atom is 0.234 e. The molecule has 1 aromatic rings. The monoisotopic (exact) mass is 351 g/mol. The Morgan fingerprint density at radius 3 is 2.15 bits per heavy atom. The summed E-state index contributed by atoms with van der Waals surface area (Å²) in [5.41, 5.74) is 1.63. The van der Waals surface area contributed by atoms with Crippen LogP contribution in [0.25, 0.3) is 0 Å². The van der Waals surface area contributed by atoms with Crippen LogP contribution >= 0.6 is 0 Å². The Balaban J connectivity index is 1.36. The average Bonchev–Trinajstić information content (AvgIpc) is 2.60. The minimum absolute atomic E-state index is 0.126. The zero-order valence-corrected chi connectivity index (χ0v) is 15.0. The summed E-state index contributed by atoms with van der Waals surface area (Å²) in [4.78, 5) is 24.4. The molecule has 0 aliphatic heterocycles. The predicted octanol–water partition coefficient (Wildman–Crippen LogP) is 3.37. The minimum atomic E-state index is -0.272. The predicted molar refractivity (Wildman–Crippen MR) is 97.8 cm³/mol. The third-order valence-corrected chi connectivity index (χ3v) is 6.46. The van der Waals surface area contributed by atoms with Crippen LogP contribution in [0, 0.1) is 34.5 Å². The van der Waals surface area contributed by atoms with Crippen LogP contribution in [0.1, 0.15) is 50.5 Å². The number of rotatable bonds is 5. The lowest BCUT2D eigenvalue weighted by Crippen LogP contribution is -2.51. The first-order valence-corrected chi connectivity index (χ1v) is 9.60. The van der Waals surface area contributed by atoms with Gasteiger partial charge in [0, 0.05) is 12.2 Å². The second-order valence-electron chi connectivity index (χ2n) is 8.46. The van der Waals surface area contributed by atoms with Gasteiger partial charge in [0.05, 0.1) is 11.5 Å². The average molecular weight is 351 g/mol. The van der Waals surface area contributed by atoms with Crippen LogP contribution in [-0.2, 0) is 16.1 Å². The van der Waals surface area contributed by atoms with E-state index in [1.165, 1.54) is 19.3 Å². The van der Waals surface area contributed by atoms with E-state index in [9.17, 15) is 9.59 Å². The van der Waals surface area contributed by atoms with Crippen LogP contribution in [0.5, 0.6) is 0 Å². The molecule has 5 nitrogen and oxygen atoms in total. The Bertz CT molecular complexity index is 712. The highest BCUT2D eigenvalue weighted by molar-refractivity contribution is 5.95. The fourth-order valence-corrected chi connectivity index (χ4v) is 5.69. The molecule has 4 saturated carbocycles. The van der Waals surface area contributed by atoms with Crippen LogP contribution in [0.3, 0.4) is 0 Å². The van der Waals surface area contributed by atoms with Gasteiger partial charge in [-0.2, -0.15) is 5.26 Å². The molecule has 0 unspecified atom stereocenters. The number of nitrogens with one attached hydrogen (secondary N) is 2. The van der Waals surface area contributed by atoms with Crippen LogP contribution in [0.15, 0.2) is 24.3 Å². The summed E-state index contributed by atoms with van der Waals surface area (Å²) in [6.45, 7) is 0.393. The smallest absolute Gasteiger partial charge is 0.234 e. The Kier molecular flexibility index (Phi) is 4.44. The van der Waals surface area contributed by atoms with Crippen molar-refractivity contribution in [3.8, 4) is 6.07 Å². The third kappa shape index (κ3) is 3.33. The molecule has 0 spiro atoms. The van der Waals surface area contributed by atoms with Crippen molar-refractivity contribution in [3.05, 3.63) is 29.8 Å². The molecule has 4 bridgehead atoms. The zero-order valence-electron chi connectivity index (χ0n) is 15.0. The quantitative estimate of drug-likeness (QED) is 0.853. The molecule has 4 aliphatic carbocycles. The van der Waals surface area contributed by atoms with Crippen molar-refractivity contribution in [2.75, 3.05) is 5.32 Å². The van der Waals surface area contributed by atoms with Gasteiger partial charge in [-0.3, -0.25) is 9.59 Å². The second-order valence-corrected chi connectivity index (χ2v) is 8.46. The van der Waals surface area contributed by atoms with Gasteiger partial charge in [-0.15, -0.1) is 0 Å². The van der Waals surface area contributed by atoms with E-state index in [1.807, 2.05) is 30.3 Å². The Morgan fingerprint density at radius 1 is 1.04 bits per heavy atom. The summed E-state index contributed by atoms with van der Waals surface area (Å²) in [5, 5.41) is 14.3. The maximum absolute atomic E-state index is 13.0. The van der Waals surface area contributed by atoms with Crippen molar-refractivity contribution < 1.29 is 9.59 Å². The number of nitrogens with zero attached hydrogens (tertiary/aromatic N) is 1. The van der Waals surface area contributed by atoms with Gasteiger partial charge < -0.3 is 10.6 Å². The lowest BCUT2D eigenvalue weighted by atomic mass is 9.49. The fourth-order valence-electron chi connectivity index (χ4n) is 5.69. The molecule has 1 aromatic carbocycles. The molecule has 4 aliphatic rings. The largest absolute Gasteiger partial charge is 0.351 e. The van der Waals surface area contributed by atoms with Gasteiger partial charge >= 0.3 is 0 Å². The van der Waals surface area contributed by atoms with Crippen molar-refractivity contribution in [2.45, 2.75) is 51.5 Å². The van der Waals surface area contributed by atoms with E-state index in [1.54, 1.807) is 0 Å². The molecule has 26 heavy (non-hydrogen) atoms. The van der Waals surface area contributed by atoms with Crippen LogP contribution in [-0.4, -0.2) is 11.8 Å². The Labute approximate surface area is 154 Å². The van der Waals surface area contributed by atoms with Gasteiger partial charge in [0.25, 0.3) is 0 Å². The molecular formula is C21H25N3O2. The van der Waals surface area contributed by atoms with E-state index >= 15 is 0 Å². The molecule has 0 aromatic heterocycles. The highest BCUT2D eigenvalue weighted by Gasteiger charge is 2.54. The van der Waals surface area contributed by atoms with Crippen LogP contribution in [0.2, 0.25) is 0 Å². The van der Waals surface area contributed by atoms with E-state index in [2.05, 4.69) is 10.6 Å². The van der Waals surface area contributed by atoms with Gasteiger partial charge in [0.1, 0.15) is 6.42 Å². The second kappa shape index (κ2) is 6.75. The molecular weight excluding hydrogens is 326 g/mol. The molecule has 136 valence electrons. The molecule has 5 rings (SSSR count). The first kappa shape index (κ1) is 17.1. The maximum atomic E-state index is 13.0. The van der Waals surface area contributed by atoms with E-state index in [0.29, 0.717) is 6.54 Å². The first-order valence-electron chi connectivity index (χ1n) is 9.60. The Morgan fingerprint density at radius 2 is 1.62 bits per heavy atom. The summed E-state index contributed by atoms with van der Waals surface area (Å²) in [7, 11) is 0. The van der Waals surface area contributed by atoms with Crippen LogP contribution < -0.4 is 10.6 Å². The summed E-state index contributed by atoms with van der Waals surface area (Å²) in [6, 6.07) is 9.42. The molecule has 0 radical (unpaired) electrons. The van der Waals surface area contributed by atoms with Gasteiger partial charge in [-0.25, -0.2) is 0 Å². The topological polar surface area (TPSA) is 82.0 Å². The van der Waals surface area contributed by atoms with Gasteiger partial charge in [-0.05, 0) is 74.0 Å². The standard InChI is InChI=1S/C21H25N3O2/c22-6-5-19(25)23-13-14-1-3-18(4-2-14)24-20(26)21-10-15-7-16(11-21)9-17(8-15)12-21/h1-4,15-17H,5,7-13H2,(H,23,25)(H,24,26). The number of amides is 2. The lowest BCUT2D eigenvalue weighted by Gasteiger charge is -2.55. The molecule has 0 atom stereocenters. The zero-order chi connectivity index (χ0) is 18.1. The number of anilines is 1. The van der Waals surface area contributed by atoms with Crippen LogP contribution in [0.4, 0.5) is 5.69 Å². The number of benzene rings is 1. The fraction of sp³-hybridized carbons (Fsp3) is 0.571. The van der Waals surface area contributed by atoms with E-state index in [4.69, 9.17) is 5.26 Å². The van der Waals surface area contributed by atoms with Gasteiger partial charge in [0.15, 0.2) is 0 Å². The SMILES string of the molecule is N#CCC(=O)NCc1ccc(NC(=O)C23CC4CC(CC(C4)C2)C3)cc1. The van der Waals surface area contributed by atoms with E-state index in [0.717, 1.165) is 48.3 Å². The van der Waals surface area contributed by atoms with Crippen molar-refractivity contribution >= 4 is 17.5 Å². The summed E-state index contributed by atoms with van der Waals surface area (Å²) in [5.74, 6) is 2.20. The third-order valence-electron chi connectivity index (χ3n) is 6.46. The molecule has 0 saturated heterocycles. The van der Waals surface area contributed by atoms with Crippen molar-refractivity contribution in [3.63, 3.8) is 0 Å². The molecule has 2 amide bonds. The van der Waals surface area contributed by atoms with Crippen molar-refractivity contribution in [1.29, 1.82) is 5.26 Å². The number of carbonyl (C=O) groups is 2. The highest BCUT2D eigenvalue weighted by Crippen LogP contribution is 2.60. The van der Waals surface area contributed by atoms with E-state index < -0.39 is 0 Å². The first-order chi connectivity index (χ1) is 12.6. The molecule has 2 N–H and O–H groups in total. The van der Waals surface area contributed by atoms with Crippen molar-refractivity contribution in [2.24, 2.45) is 23.2 Å². The highest BCUT2D eigenvalue weighted by atomic mass is 16.2. The number of nitriles is 1. The number of carbonyl (C=O) groups excluding carboxylic acids is 2. The molecule has 4 fully saturated rings. The van der Waals surface area contributed by atoms with Gasteiger partial charge in [0.2, 0.25) is 11.8 Å². The lowest BCUT2D eigenvalue weighted by molar-refractivity contribution is -0.140. The molecule has 0 heterocycles. The normalized spacial score (nSPS) is 31.3. The number of hydrogen-bond donors (Lipinski definition) is 2. The molecule has 5 heteroatoms. The number of hydrogen-bond acceptors (Lipinski definition) is 3.